The molecule has 0 aromatic heterocycles. The van der Waals surface area contributed by atoms with Crippen molar-refractivity contribution in [2.24, 2.45) is 0 Å². The molecule has 0 heterocycles. The number of esters is 1. The van der Waals surface area contributed by atoms with Crippen LogP contribution in [-0.4, -0.2) is 24.1 Å². The Morgan fingerprint density at radius 3 is 2.44 bits per heavy atom. The number of rotatable bonds is 6. The first kappa shape index (κ1) is 13.7. The summed E-state index contributed by atoms with van der Waals surface area (Å²) in [5.41, 5.74) is 0.321. The second-order valence-corrected chi connectivity index (χ2v) is 3.52. The van der Waals surface area contributed by atoms with Gasteiger partial charge >= 0.3 is 5.97 Å². The second-order valence-electron chi connectivity index (χ2n) is 3.52. The number of nitro groups is 1. The van der Waals surface area contributed by atoms with Crippen LogP contribution in [0.15, 0.2) is 36.4 Å². The Balaban J connectivity index is 2.34. The van der Waals surface area contributed by atoms with E-state index >= 15 is 0 Å². The van der Waals surface area contributed by atoms with Crippen molar-refractivity contribution in [3.63, 3.8) is 0 Å². The van der Waals surface area contributed by atoms with Crippen molar-refractivity contribution in [3.8, 4) is 5.75 Å². The molecule has 1 rings (SSSR count). The number of non-ortho nitro benzene ring substituents is 1. The third kappa shape index (κ3) is 4.25. The SMILES string of the molecule is C=C(C)C(=O)OCCOc1ccc([N+](=O)[O-])cc1. The van der Waals surface area contributed by atoms with Gasteiger partial charge in [-0.25, -0.2) is 4.79 Å². The summed E-state index contributed by atoms with van der Waals surface area (Å²) in [6.07, 6.45) is 0. The first-order valence-corrected chi connectivity index (χ1v) is 5.20. The molecule has 0 unspecified atom stereocenters. The van der Waals surface area contributed by atoms with Gasteiger partial charge in [-0.1, -0.05) is 6.58 Å². The Hall–Kier alpha value is -2.37. The van der Waals surface area contributed by atoms with Gasteiger partial charge in [0.1, 0.15) is 19.0 Å². The van der Waals surface area contributed by atoms with Crippen LogP contribution >= 0.6 is 0 Å². The van der Waals surface area contributed by atoms with Crippen molar-refractivity contribution in [2.75, 3.05) is 13.2 Å². The molecule has 0 atom stereocenters. The maximum atomic E-state index is 11.0. The van der Waals surface area contributed by atoms with Crippen LogP contribution in [0.5, 0.6) is 5.75 Å². The van der Waals surface area contributed by atoms with E-state index < -0.39 is 10.9 Å². The number of ether oxygens (including phenoxy) is 2. The smallest absolute Gasteiger partial charge is 0.333 e. The maximum Gasteiger partial charge on any atom is 0.333 e. The fraction of sp³-hybridized carbons (Fsp3) is 0.250. The minimum Gasteiger partial charge on any atom is -0.490 e. The molecule has 0 N–H and O–H groups in total. The molecule has 6 heteroatoms. The van der Waals surface area contributed by atoms with E-state index in [0.717, 1.165) is 0 Å². The van der Waals surface area contributed by atoms with Gasteiger partial charge in [0, 0.05) is 17.7 Å². The zero-order valence-electron chi connectivity index (χ0n) is 9.92. The third-order valence-corrected chi connectivity index (χ3v) is 1.98. The highest BCUT2D eigenvalue weighted by Crippen LogP contribution is 2.17. The van der Waals surface area contributed by atoms with Crippen LogP contribution in [0.1, 0.15) is 6.92 Å². The fourth-order valence-electron chi connectivity index (χ4n) is 1.08. The average Bonchev–Trinajstić information content (AvgIpc) is 2.34. The second kappa shape index (κ2) is 6.39. The van der Waals surface area contributed by atoms with Gasteiger partial charge in [-0.3, -0.25) is 10.1 Å². The molecule has 0 radical (unpaired) electrons. The average molecular weight is 251 g/mol. The normalized spacial score (nSPS) is 9.61. The van der Waals surface area contributed by atoms with Crippen molar-refractivity contribution >= 4 is 11.7 Å². The summed E-state index contributed by atoms with van der Waals surface area (Å²) >= 11 is 0. The van der Waals surface area contributed by atoms with Gasteiger partial charge in [0.15, 0.2) is 0 Å². The lowest BCUT2D eigenvalue weighted by molar-refractivity contribution is -0.384. The fourth-order valence-corrected chi connectivity index (χ4v) is 1.08. The van der Waals surface area contributed by atoms with Crippen LogP contribution in [0.4, 0.5) is 5.69 Å². The van der Waals surface area contributed by atoms with Crippen molar-refractivity contribution in [1.29, 1.82) is 0 Å². The van der Waals surface area contributed by atoms with Crippen molar-refractivity contribution < 1.29 is 19.2 Å². The third-order valence-electron chi connectivity index (χ3n) is 1.98. The van der Waals surface area contributed by atoms with Crippen LogP contribution < -0.4 is 4.74 Å². The molecule has 1 aromatic rings. The molecule has 0 bridgehead atoms. The molecule has 0 aliphatic carbocycles. The number of carbonyl (C=O) groups excluding carboxylic acids is 1. The summed E-state index contributed by atoms with van der Waals surface area (Å²) < 4.78 is 10.1. The summed E-state index contributed by atoms with van der Waals surface area (Å²) in [4.78, 5) is 20.9. The van der Waals surface area contributed by atoms with Crippen molar-refractivity contribution in [2.45, 2.75) is 6.92 Å². The summed E-state index contributed by atoms with van der Waals surface area (Å²) in [6.45, 7) is 5.27. The Kier molecular flexibility index (Phi) is 4.86. The lowest BCUT2D eigenvalue weighted by Gasteiger charge is -2.06. The molecule has 6 nitrogen and oxygen atoms in total. The van der Waals surface area contributed by atoms with Gasteiger partial charge in [0.05, 0.1) is 4.92 Å². The topological polar surface area (TPSA) is 78.7 Å². The highest BCUT2D eigenvalue weighted by Gasteiger charge is 2.05. The molecule has 0 aliphatic rings. The maximum absolute atomic E-state index is 11.0. The van der Waals surface area contributed by atoms with E-state index in [1.807, 2.05) is 0 Å². The molecule has 1 aromatic carbocycles. The quantitative estimate of drug-likeness (QED) is 0.254. The Labute approximate surface area is 104 Å². The number of benzene rings is 1. The standard InChI is InChI=1S/C12H13NO5/c1-9(2)12(14)18-8-7-17-11-5-3-10(4-6-11)13(15)16/h3-6H,1,7-8H2,2H3. The summed E-state index contributed by atoms with van der Waals surface area (Å²) in [7, 11) is 0. The minimum absolute atomic E-state index is 0.00365. The molecule has 0 saturated carbocycles. The summed E-state index contributed by atoms with van der Waals surface area (Å²) in [5.74, 6) is 0.00859. The van der Waals surface area contributed by atoms with Crippen LogP contribution in [0.3, 0.4) is 0 Å². The summed E-state index contributed by atoms with van der Waals surface area (Å²) in [5, 5.41) is 10.4. The van der Waals surface area contributed by atoms with E-state index in [-0.39, 0.29) is 18.9 Å². The van der Waals surface area contributed by atoms with Crippen LogP contribution in [-0.2, 0) is 9.53 Å². The molecule has 18 heavy (non-hydrogen) atoms. The molecular weight excluding hydrogens is 238 g/mol. The number of nitrogens with zero attached hydrogens (tertiary/aromatic N) is 1. The van der Waals surface area contributed by atoms with Gasteiger partial charge < -0.3 is 9.47 Å². The first-order chi connectivity index (χ1) is 8.50. The van der Waals surface area contributed by atoms with E-state index in [1.165, 1.54) is 24.3 Å². The highest BCUT2D eigenvalue weighted by atomic mass is 16.6. The van der Waals surface area contributed by atoms with Gasteiger partial charge in [-0.05, 0) is 19.1 Å². The predicted molar refractivity (Wildman–Crippen MR) is 64.4 cm³/mol. The van der Waals surface area contributed by atoms with Gasteiger partial charge in [-0.15, -0.1) is 0 Å². The Bertz CT molecular complexity index is 452. The lowest BCUT2D eigenvalue weighted by atomic mass is 10.3. The van der Waals surface area contributed by atoms with Crippen LogP contribution in [0, 0.1) is 10.1 Å². The van der Waals surface area contributed by atoms with Gasteiger partial charge in [0.25, 0.3) is 5.69 Å². The van der Waals surface area contributed by atoms with E-state index in [4.69, 9.17) is 9.47 Å². The number of carbonyl (C=O) groups is 1. The highest BCUT2D eigenvalue weighted by molar-refractivity contribution is 5.86. The Morgan fingerprint density at radius 1 is 1.33 bits per heavy atom. The molecule has 0 amide bonds. The largest absolute Gasteiger partial charge is 0.490 e. The van der Waals surface area contributed by atoms with Crippen molar-refractivity contribution in [1.82, 2.24) is 0 Å². The molecule has 96 valence electrons. The number of nitro benzene ring substituents is 1. The van der Waals surface area contributed by atoms with E-state index in [0.29, 0.717) is 11.3 Å². The summed E-state index contributed by atoms with van der Waals surface area (Å²) in [6, 6.07) is 5.65. The van der Waals surface area contributed by atoms with Crippen LogP contribution in [0.25, 0.3) is 0 Å². The van der Waals surface area contributed by atoms with E-state index in [2.05, 4.69) is 6.58 Å². The molecule has 0 aliphatic heterocycles. The van der Waals surface area contributed by atoms with E-state index in [1.54, 1.807) is 6.92 Å². The lowest BCUT2D eigenvalue weighted by Crippen LogP contribution is -2.12. The zero-order chi connectivity index (χ0) is 13.5. The Morgan fingerprint density at radius 2 is 1.94 bits per heavy atom. The predicted octanol–water partition coefficient (Wildman–Crippen LogP) is 2.09. The minimum atomic E-state index is -0.488. The van der Waals surface area contributed by atoms with Crippen molar-refractivity contribution in [3.05, 3.63) is 46.5 Å². The number of hydrogen-bond donors (Lipinski definition) is 0. The molecular formula is C12H13NO5. The molecule has 0 spiro atoms. The van der Waals surface area contributed by atoms with Gasteiger partial charge in [-0.2, -0.15) is 0 Å². The number of hydrogen-bond acceptors (Lipinski definition) is 5. The zero-order valence-corrected chi connectivity index (χ0v) is 9.92. The molecule has 0 fully saturated rings. The first-order valence-electron chi connectivity index (χ1n) is 5.20. The van der Waals surface area contributed by atoms with E-state index in [9.17, 15) is 14.9 Å². The monoisotopic (exact) mass is 251 g/mol. The van der Waals surface area contributed by atoms with Gasteiger partial charge in [0.2, 0.25) is 0 Å². The van der Waals surface area contributed by atoms with Crippen LogP contribution in [0.2, 0.25) is 0 Å². The molecule has 0 saturated heterocycles.